The molecule has 2 N–H and O–H groups in total. The van der Waals surface area contributed by atoms with Crippen molar-refractivity contribution in [1.29, 1.82) is 0 Å². The Bertz CT molecular complexity index is 684. The molecular formula is C15H22ClFN2O4S. The molecule has 1 fully saturated rings. The topological polar surface area (TPSA) is 86.7 Å². The molecular weight excluding hydrogens is 359 g/mol. The van der Waals surface area contributed by atoms with Crippen molar-refractivity contribution >= 4 is 28.4 Å². The maximum Gasteiger partial charge on any atom is 0.317 e. The number of nitrogens with one attached hydrogen (secondary N) is 1. The van der Waals surface area contributed by atoms with Crippen LogP contribution < -0.4 is 5.32 Å². The summed E-state index contributed by atoms with van der Waals surface area (Å²) >= 11 is 0. The van der Waals surface area contributed by atoms with Gasteiger partial charge in [-0.15, -0.1) is 12.4 Å². The van der Waals surface area contributed by atoms with E-state index in [-0.39, 0.29) is 36.3 Å². The highest BCUT2D eigenvalue weighted by molar-refractivity contribution is 7.89. The van der Waals surface area contributed by atoms with Gasteiger partial charge in [-0.2, -0.15) is 4.31 Å². The molecule has 2 rings (SSSR count). The fourth-order valence-electron chi connectivity index (χ4n) is 2.74. The lowest BCUT2D eigenvalue weighted by Crippen LogP contribution is -2.43. The second kappa shape index (κ2) is 8.75. The van der Waals surface area contributed by atoms with Crippen molar-refractivity contribution in [3.63, 3.8) is 0 Å². The number of carboxylic acids is 1. The number of halogens is 2. The normalized spacial score (nSPS) is 18.8. The smallest absolute Gasteiger partial charge is 0.317 e. The van der Waals surface area contributed by atoms with Gasteiger partial charge in [-0.1, -0.05) is 6.07 Å². The van der Waals surface area contributed by atoms with E-state index in [0.29, 0.717) is 25.1 Å². The van der Waals surface area contributed by atoms with Gasteiger partial charge in [0.1, 0.15) is 10.7 Å². The van der Waals surface area contributed by atoms with Gasteiger partial charge in [-0.25, -0.2) is 12.8 Å². The van der Waals surface area contributed by atoms with Gasteiger partial charge in [0.2, 0.25) is 10.0 Å². The number of hydrogen-bond acceptors (Lipinski definition) is 4. The molecule has 1 unspecified atom stereocenters. The first-order chi connectivity index (χ1) is 10.8. The van der Waals surface area contributed by atoms with Crippen molar-refractivity contribution in [2.45, 2.75) is 24.7 Å². The second-order valence-corrected chi connectivity index (χ2v) is 7.74. The molecule has 24 heavy (non-hydrogen) atoms. The predicted molar refractivity (Wildman–Crippen MR) is 90.4 cm³/mol. The molecule has 1 atom stereocenters. The van der Waals surface area contributed by atoms with Crippen LogP contribution in [0.2, 0.25) is 0 Å². The number of aryl methyl sites for hydroxylation is 1. The molecule has 0 saturated carbocycles. The summed E-state index contributed by atoms with van der Waals surface area (Å²) in [6.45, 7) is 2.60. The van der Waals surface area contributed by atoms with E-state index in [1.165, 1.54) is 16.4 Å². The summed E-state index contributed by atoms with van der Waals surface area (Å²) in [5.41, 5.74) is 0.682. The number of benzene rings is 1. The molecule has 1 heterocycles. The van der Waals surface area contributed by atoms with Gasteiger partial charge in [-0.3, -0.25) is 4.79 Å². The Morgan fingerprint density at radius 2 is 2.17 bits per heavy atom. The summed E-state index contributed by atoms with van der Waals surface area (Å²) in [7, 11) is -3.88. The minimum Gasteiger partial charge on any atom is -0.480 e. The van der Waals surface area contributed by atoms with E-state index < -0.39 is 21.8 Å². The molecule has 0 amide bonds. The van der Waals surface area contributed by atoms with Crippen molar-refractivity contribution < 1.29 is 22.7 Å². The van der Waals surface area contributed by atoms with Crippen LogP contribution in [0, 0.1) is 18.7 Å². The van der Waals surface area contributed by atoms with E-state index in [4.69, 9.17) is 5.11 Å². The van der Waals surface area contributed by atoms with E-state index >= 15 is 0 Å². The monoisotopic (exact) mass is 380 g/mol. The molecule has 0 radical (unpaired) electrons. The summed E-state index contributed by atoms with van der Waals surface area (Å²) in [6.07, 6.45) is 1.49. The van der Waals surface area contributed by atoms with Crippen LogP contribution in [0.15, 0.2) is 23.1 Å². The third-order valence-corrected chi connectivity index (χ3v) is 5.78. The van der Waals surface area contributed by atoms with Gasteiger partial charge in [0.25, 0.3) is 0 Å². The van der Waals surface area contributed by atoms with Crippen molar-refractivity contribution in [3.8, 4) is 0 Å². The molecule has 0 aliphatic carbocycles. The highest BCUT2D eigenvalue weighted by Crippen LogP contribution is 2.25. The SMILES string of the molecule is Cc1ccc(F)c(S(=O)(=O)N2CCCC(CNCC(=O)O)C2)c1.Cl. The number of piperidine rings is 1. The third-order valence-electron chi connectivity index (χ3n) is 3.90. The second-order valence-electron chi connectivity index (χ2n) is 5.83. The zero-order chi connectivity index (χ0) is 17.0. The average Bonchev–Trinajstić information content (AvgIpc) is 2.49. The van der Waals surface area contributed by atoms with Crippen LogP contribution in [0.1, 0.15) is 18.4 Å². The molecule has 136 valence electrons. The lowest BCUT2D eigenvalue weighted by atomic mass is 10.00. The fourth-order valence-corrected chi connectivity index (χ4v) is 4.45. The molecule has 1 aliphatic rings. The summed E-state index contributed by atoms with van der Waals surface area (Å²) in [4.78, 5) is 10.2. The maximum absolute atomic E-state index is 13.9. The minimum atomic E-state index is -3.88. The molecule has 6 nitrogen and oxygen atoms in total. The van der Waals surface area contributed by atoms with Crippen LogP contribution in [0.25, 0.3) is 0 Å². The number of hydrogen-bond donors (Lipinski definition) is 2. The quantitative estimate of drug-likeness (QED) is 0.783. The van der Waals surface area contributed by atoms with Gasteiger partial charge in [0.15, 0.2) is 0 Å². The first-order valence-corrected chi connectivity index (χ1v) is 8.93. The van der Waals surface area contributed by atoms with Gasteiger partial charge < -0.3 is 10.4 Å². The van der Waals surface area contributed by atoms with Gasteiger partial charge >= 0.3 is 5.97 Å². The number of carbonyl (C=O) groups is 1. The van der Waals surface area contributed by atoms with E-state index in [0.717, 1.165) is 12.5 Å². The van der Waals surface area contributed by atoms with E-state index in [9.17, 15) is 17.6 Å². The van der Waals surface area contributed by atoms with Crippen LogP contribution >= 0.6 is 12.4 Å². The fraction of sp³-hybridized carbons (Fsp3) is 0.533. The number of aliphatic carboxylic acids is 1. The molecule has 0 aromatic heterocycles. The summed E-state index contributed by atoms with van der Waals surface area (Å²) in [5, 5.41) is 11.4. The van der Waals surface area contributed by atoms with Crippen molar-refractivity contribution in [3.05, 3.63) is 29.6 Å². The Hall–Kier alpha value is -1.22. The number of sulfonamides is 1. The number of rotatable bonds is 6. The molecule has 0 spiro atoms. The van der Waals surface area contributed by atoms with Crippen LogP contribution in [0.4, 0.5) is 4.39 Å². The van der Waals surface area contributed by atoms with E-state index in [1.807, 2.05) is 0 Å². The third kappa shape index (κ3) is 5.14. The molecule has 9 heteroatoms. The molecule has 1 aromatic carbocycles. The first kappa shape index (κ1) is 20.8. The lowest BCUT2D eigenvalue weighted by molar-refractivity contribution is -0.136. The van der Waals surface area contributed by atoms with Gasteiger partial charge in [0, 0.05) is 13.1 Å². The summed E-state index contributed by atoms with van der Waals surface area (Å²) in [6, 6.07) is 4.04. The molecule has 1 saturated heterocycles. The zero-order valence-corrected chi connectivity index (χ0v) is 15.0. The Kier molecular flexibility index (Phi) is 7.59. The highest BCUT2D eigenvalue weighted by Gasteiger charge is 2.32. The summed E-state index contributed by atoms with van der Waals surface area (Å²) < 4.78 is 40.5. The number of nitrogens with zero attached hydrogens (tertiary/aromatic N) is 1. The largest absolute Gasteiger partial charge is 0.480 e. The summed E-state index contributed by atoms with van der Waals surface area (Å²) in [5.74, 6) is -1.68. The first-order valence-electron chi connectivity index (χ1n) is 7.49. The number of carboxylic acid groups (broad SMARTS) is 1. The average molecular weight is 381 g/mol. The standard InChI is InChI=1S/C15H21FN2O4S.ClH/c1-11-4-5-13(16)14(7-11)23(21,22)18-6-2-3-12(10-18)8-17-9-15(19)20;/h4-5,7,12,17H,2-3,6,8-10H2,1H3,(H,19,20);1H. The lowest BCUT2D eigenvalue weighted by Gasteiger charge is -2.32. The van der Waals surface area contributed by atoms with Crippen molar-refractivity contribution in [2.75, 3.05) is 26.2 Å². The highest BCUT2D eigenvalue weighted by atomic mass is 35.5. The molecule has 0 bridgehead atoms. The Morgan fingerprint density at radius 3 is 2.83 bits per heavy atom. The molecule has 1 aromatic rings. The Labute approximate surface area is 147 Å². The van der Waals surface area contributed by atoms with Crippen molar-refractivity contribution in [2.24, 2.45) is 5.92 Å². The Balaban J connectivity index is 0.00000288. The maximum atomic E-state index is 13.9. The zero-order valence-electron chi connectivity index (χ0n) is 13.4. The van der Waals surface area contributed by atoms with Gasteiger partial charge in [-0.05, 0) is 49.9 Å². The van der Waals surface area contributed by atoms with E-state index in [1.54, 1.807) is 6.92 Å². The van der Waals surface area contributed by atoms with Gasteiger partial charge in [0.05, 0.1) is 6.54 Å². The van der Waals surface area contributed by atoms with E-state index in [2.05, 4.69) is 5.32 Å². The Morgan fingerprint density at radius 1 is 1.46 bits per heavy atom. The minimum absolute atomic E-state index is 0. The van der Waals surface area contributed by atoms with Crippen LogP contribution in [-0.2, 0) is 14.8 Å². The van der Waals surface area contributed by atoms with Crippen LogP contribution in [0.3, 0.4) is 0 Å². The van der Waals surface area contributed by atoms with Crippen LogP contribution in [-0.4, -0.2) is 50.0 Å². The molecule has 1 aliphatic heterocycles. The van der Waals surface area contributed by atoms with Crippen molar-refractivity contribution in [1.82, 2.24) is 9.62 Å². The van der Waals surface area contributed by atoms with Crippen LogP contribution in [0.5, 0.6) is 0 Å². The predicted octanol–water partition coefficient (Wildman–Crippen LogP) is 1.63.